The van der Waals surface area contributed by atoms with Crippen LogP contribution in [-0.4, -0.2) is 40.9 Å². The van der Waals surface area contributed by atoms with Gasteiger partial charge in [-0.2, -0.15) is 0 Å². The summed E-state index contributed by atoms with van der Waals surface area (Å²) >= 11 is 6.29. The lowest BCUT2D eigenvalue weighted by atomic mass is 10.2. The summed E-state index contributed by atoms with van der Waals surface area (Å²) in [4.78, 5) is 6.97. The molecular formula is C23H30ClN7. The number of nitrogens with one attached hydrogen (secondary N) is 2. The molecule has 0 atom stereocenters. The zero-order chi connectivity index (χ0) is 22.1. The highest BCUT2D eigenvalue weighted by Crippen LogP contribution is 2.15. The standard InChI is InChI=1S/C23H30ClN7/c1-18-28-29-22(31(18)3)17-27-23(26-16-19-10-7-8-13-21(19)24)25-14-9-15-30(2)20-11-5-4-6-12-20/h4-8,10-13H,9,14-17H2,1-3H3,(H2,25,26,27). The lowest BCUT2D eigenvalue weighted by Crippen LogP contribution is -2.39. The molecule has 0 aliphatic heterocycles. The van der Waals surface area contributed by atoms with Crippen molar-refractivity contribution in [3.63, 3.8) is 0 Å². The molecule has 164 valence electrons. The molecule has 2 aromatic carbocycles. The Balaban J connectivity index is 1.57. The molecule has 0 bridgehead atoms. The Morgan fingerprint density at radius 2 is 1.81 bits per heavy atom. The number of nitrogens with zero attached hydrogens (tertiary/aromatic N) is 5. The van der Waals surface area contributed by atoms with Crippen LogP contribution in [0.15, 0.2) is 59.6 Å². The van der Waals surface area contributed by atoms with E-state index in [4.69, 9.17) is 16.6 Å². The summed E-state index contributed by atoms with van der Waals surface area (Å²) < 4.78 is 1.97. The summed E-state index contributed by atoms with van der Waals surface area (Å²) in [5, 5.41) is 15.8. The molecule has 1 heterocycles. The zero-order valence-electron chi connectivity index (χ0n) is 18.3. The minimum atomic E-state index is 0.497. The molecule has 1 aromatic heterocycles. The summed E-state index contributed by atoms with van der Waals surface area (Å²) in [5.41, 5.74) is 2.20. The van der Waals surface area contributed by atoms with Gasteiger partial charge >= 0.3 is 0 Å². The van der Waals surface area contributed by atoms with Crippen LogP contribution in [-0.2, 0) is 20.1 Å². The largest absolute Gasteiger partial charge is 0.375 e. The highest BCUT2D eigenvalue weighted by Gasteiger charge is 2.07. The number of aromatic nitrogens is 3. The van der Waals surface area contributed by atoms with Crippen molar-refractivity contribution in [3.05, 3.63) is 76.8 Å². The predicted octanol–water partition coefficient (Wildman–Crippen LogP) is 3.54. The van der Waals surface area contributed by atoms with Gasteiger partial charge in [0.15, 0.2) is 11.8 Å². The Labute approximate surface area is 189 Å². The van der Waals surface area contributed by atoms with E-state index < -0.39 is 0 Å². The van der Waals surface area contributed by atoms with Gasteiger partial charge in [0.25, 0.3) is 0 Å². The molecule has 0 saturated heterocycles. The second-order valence-corrected chi connectivity index (χ2v) is 7.78. The lowest BCUT2D eigenvalue weighted by Gasteiger charge is -2.19. The average molecular weight is 440 g/mol. The van der Waals surface area contributed by atoms with E-state index in [1.165, 1.54) is 5.69 Å². The quantitative estimate of drug-likeness (QED) is 0.303. The molecule has 0 aliphatic carbocycles. The lowest BCUT2D eigenvalue weighted by molar-refractivity contribution is 0.697. The normalized spacial score (nSPS) is 11.4. The number of rotatable bonds is 9. The van der Waals surface area contributed by atoms with E-state index >= 15 is 0 Å². The number of aliphatic imine (C=N–C) groups is 1. The van der Waals surface area contributed by atoms with Crippen molar-refractivity contribution in [2.45, 2.75) is 26.4 Å². The van der Waals surface area contributed by atoms with Crippen LogP contribution in [0.5, 0.6) is 0 Å². The van der Waals surface area contributed by atoms with E-state index in [1.807, 2.05) is 48.9 Å². The third kappa shape index (κ3) is 6.72. The zero-order valence-corrected chi connectivity index (χ0v) is 19.1. The molecule has 7 nitrogen and oxygen atoms in total. The fourth-order valence-corrected chi connectivity index (χ4v) is 3.26. The highest BCUT2D eigenvalue weighted by molar-refractivity contribution is 6.31. The van der Waals surface area contributed by atoms with Gasteiger partial charge in [0, 0.05) is 37.9 Å². The fourth-order valence-electron chi connectivity index (χ4n) is 3.07. The molecule has 0 saturated carbocycles. The average Bonchev–Trinajstić information content (AvgIpc) is 3.11. The number of hydrogen-bond donors (Lipinski definition) is 2. The van der Waals surface area contributed by atoms with Crippen molar-refractivity contribution < 1.29 is 0 Å². The number of anilines is 1. The van der Waals surface area contributed by atoms with Crippen LogP contribution in [0.25, 0.3) is 0 Å². The van der Waals surface area contributed by atoms with Crippen molar-refractivity contribution in [1.82, 2.24) is 25.4 Å². The van der Waals surface area contributed by atoms with Crippen molar-refractivity contribution in [3.8, 4) is 0 Å². The van der Waals surface area contributed by atoms with Gasteiger partial charge in [0.05, 0.1) is 13.1 Å². The number of para-hydroxylation sites is 1. The predicted molar refractivity (Wildman–Crippen MR) is 128 cm³/mol. The van der Waals surface area contributed by atoms with Gasteiger partial charge in [-0.05, 0) is 37.1 Å². The Hall–Kier alpha value is -3.06. The molecule has 0 unspecified atom stereocenters. The third-order valence-corrected chi connectivity index (χ3v) is 5.49. The topological polar surface area (TPSA) is 70.4 Å². The Kier molecular flexibility index (Phi) is 8.29. The molecular weight excluding hydrogens is 410 g/mol. The van der Waals surface area contributed by atoms with Crippen LogP contribution in [0.2, 0.25) is 5.02 Å². The molecule has 3 aromatic rings. The monoisotopic (exact) mass is 439 g/mol. The smallest absolute Gasteiger partial charge is 0.191 e. The molecule has 2 N–H and O–H groups in total. The number of benzene rings is 2. The highest BCUT2D eigenvalue weighted by atomic mass is 35.5. The summed E-state index contributed by atoms with van der Waals surface area (Å²) in [5.74, 6) is 2.46. The second kappa shape index (κ2) is 11.4. The first kappa shape index (κ1) is 22.6. The molecule has 3 rings (SSSR count). The molecule has 0 spiro atoms. The van der Waals surface area contributed by atoms with E-state index in [-0.39, 0.29) is 0 Å². The van der Waals surface area contributed by atoms with E-state index in [1.54, 1.807) is 0 Å². The third-order valence-electron chi connectivity index (χ3n) is 5.12. The fraction of sp³-hybridized carbons (Fsp3) is 0.348. The van der Waals surface area contributed by atoms with Gasteiger partial charge in [-0.3, -0.25) is 0 Å². The van der Waals surface area contributed by atoms with Crippen molar-refractivity contribution >= 4 is 23.2 Å². The van der Waals surface area contributed by atoms with Crippen LogP contribution in [0, 0.1) is 6.92 Å². The number of halogens is 1. The van der Waals surface area contributed by atoms with Gasteiger partial charge in [0.1, 0.15) is 5.82 Å². The van der Waals surface area contributed by atoms with E-state index in [0.29, 0.717) is 13.1 Å². The van der Waals surface area contributed by atoms with E-state index in [2.05, 4.69) is 57.0 Å². The van der Waals surface area contributed by atoms with Gasteiger partial charge in [-0.25, -0.2) is 4.99 Å². The minimum absolute atomic E-state index is 0.497. The van der Waals surface area contributed by atoms with Crippen molar-refractivity contribution in [2.24, 2.45) is 12.0 Å². The summed E-state index contributed by atoms with van der Waals surface area (Å²) in [7, 11) is 4.07. The maximum absolute atomic E-state index is 6.29. The molecule has 0 amide bonds. The van der Waals surface area contributed by atoms with Gasteiger partial charge in [-0.1, -0.05) is 48.0 Å². The van der Waals surface area contributed by atoms with Crippen molar-refractivity contribution in [1.29, 1.82) is 0 Å². The summed E-state index contributed by atoms with van der Waals surface area (Å²) in [6.07, 6.45) is 0.973. The molecule has 8 heteroatoms. The first-order valence-corrected chi connectivity index (χ1v) is 10.8. The number of guanidine groups is 1. The molecule has 0 radical (unpaired) electrons. The van der Waals surface area contributed by atoms with E-state index in [9.17, 15) is 0 Å². The van der Waals surface area contributed by atoms with Crippen LogP contribution in [0.1, 0.15) is 23.6 Å². The Morgan fingerprint density at radius 1 is 1.06 bits per heavy atom. The van der Waals surface area contributed by atoms with Crippen LogP contribution in [0.3, 0.4) is 0 Å². The molecule has 0 fully saturated rings. The van der Waals surface area contributed by atoms with Crippen LogP contribution >= 0.6 is 11.6 Å². The summed E-state index contributed by atoms with van der Waals surface area (Å²) in [6.45, 7) is 4.71. The van der Waals surface area contributed by atoms with Crippen LogP contribution < -0.4 is 15.5 Å². The van der Waals surface area contributed by atoms with Gasteiger partial charge in [-0.15, -0.1) is 10.2 Å². The Bertz CT molecular complexity index is 985. The Morgan fingerprint density at radius 3 is 2.52 bits per heavy atom. The van der Waals surface area contributed by atoms with E-state index in [0.717, 1.165) is 47.7 Å². The first-order chi connectivity index (χ1) is 15.0. The second-order valence-electron chi connectivity index (χ2n) is 7.37. The van der Waals surface area contributed by atoms with Gasteiger partial charge < -0.3 is 20.1 Å². The van der Waals surface area contributed by atoms with Gasteiger partial charge in [0.2, 0.25) is 0 Å². The molecule has 0 aliphatic rings. The summed E-state index contributed by atoms with van der Waals surface area (Å²) in [6, 6.07) is 18.2. The number of aryl methyl sites for hydroxylation is 1. The SMILES string of the molecule is Cc1nnc(CNC(=NCc2ccccc2Cl)NCCCN(C)c2ccccc2)n1C. The molecule has 31 heavy (non-hydrogen) atoms. The van der Waals surface area contributed by atoms with Crippen LogP contribution in [0.4, 0.5) is 5.69 Å². The maximum atomic E-state index is 6.29. The maximum Gasteiger partial charge on any atom is 0.191 e. The first-order valence-electron chi connectivity index (χ1n) is 10.4. The minimum Gasteiger partial charge on any atom is -0.375 e. The van der Waals surface area contributed by atoms with Crippen molar-refractivity contribution in [2.75, 3.05) is 25.0 Å². The number of hydrogen-bond acceptors (Lipinski definition) is 4.